The summed E-state index contributed by atoms with van der Waals surface area (Å²) in [5, 5.41) is 2.88. The van der Waals surface area contributed by atoms with E-state index < -0.39 is 0 Å². The molecular weight excluding hydrogens is 370 g/mol. The topological polar surface area (TPSA) is 79.7 Å². The van der Waals surface area contributed by atoms with Crippen LogP contribution < -0.4 is 20.7 Å². The number of morpholine rings is 1. The summed E-state index contributed by atoms with van der Waals surface area (Å²) in [4.78, 5) is 33.0. The third-order valence-electron chi connectivity index (χ3n) is 4.73. The van der Waals surface area contributed by atoms with Gasteiger partial charge in [0, 0.05) is 50.5 Å². The average Bonchev–Trinajstić information content (AvgIpc) is 2.70. The monoisotopic (exact) mass is 399 g/mol. The molecule has 2 heterocycles. The van der Waals surface area contributed by atoms with E-state index in [9.17, 15) is 9.59 Å². The van der Waals surface area contributed by atoms with Crippen molar-refractivity contribution in [3.63, 3.8) is 0 Å². The summed E-state index contributed by atoms with van der Waals surface area (Å²) in [6, 6.07) is 7.76. The van der Waals surface area contributed by atoms with Gasteiger partial charge in [-0.1, -0.05) is 13.8 Å². The molecule has 0 atom stereocenters. The molecule has 0 bridgehead atoms. The van der Waals surface area contributed by atoms with E-state index in [0.29, 0.717) is 12.5 Å². The molecule has 1 aromatic heterocycles. The van der Waals surface area contributed by atoms with Crippen LogP contribution >= 0.6 is 0 Å². The zero-order valence-electron chi connectivity index (χ0n) is 17.3. The fourth-order valence-corrected chi connectivity index (χ4v) is 3.30. The van der Waals surface area contributed by atoms with Crippen LogP contribution in [0.2, 0.25) is 0 Å². The van der Waals surface area contributed by atoms with E-state index in [4.69, 9.17) is 4.74 Å². The summed E-state index contributed by atoms with van der Waals surface area (Å²) < 4.78 is 7.00. The van der Waals surface area contributed by atoms with E-state index in [2.05, 4.69) is 15.2 Å². The molecular formula is C21H29N5O3. The predicted octanol–water partition coefficient (Wildman–Crippen LogP) is 1.81. The average molecular weight is 399 g/mol. The maximum Gasteiger partial charge on any atom is 0.293 e. The van der Waals surface area contributed by atoms with Crippen LogP contribution in [0.5, 0.6) is 0 Å². The summed E-state index contributed by atoms with van der Waals surface area (Å²) in [6.07, 6.45) is 3.27. The number of hydrogen-bond acceptors (Lipinski definition) is 6. The Labute approximate surface area is 171 Å². The molecule has 2 aromatic rings. The standard InChI is InChI=1S/C21H29N5O3/c1-16(2)14-26-9-8-22-20(21(26)28)24(3)15-19(27)23-17-4-6-18(7-5-17)25-10-12-29-13-11-25/h4-9,16H,10-15H2,1-3H3,(H,23,27). The van der Waals surface area contributed by atoms with E-state index in [-0.39, 0.29) is 23.8 Å². The summed E-state index contributed by atoms with van der Waals surface area (Å²) in [5.41, 5.74) is 1.65. The first-order valence-electron chi connectivity index (χ1n) is 9.93. The van der Waals surface area contributed by atoms with Crippen LogP contribution in [-0.2, 0) is 16.1 Å². The molecule has 1 N–H and O–H groups in total. The maximum absolute atomic E-state index is 12.6. The number of benzene rings is 1. The molecule has 1 aliphatic heterocycles. The number of rotatable bonds is 7. The molecule has 0 radical (unpaired) electrons. The molecule has 0 aliphatic carbocycles. The lowest BCUT2D eigenvalue weighted by atomic mass is 10.2. The number of carbonyl (C=O) groups excluding carboxylic acids is 1. The summed E-state index contributed by atoms with van der Waals surface area (Å²) in [7, 11) is 1.70. The number of likely N-dealkylation sites (N-methyl/N-ethyl adjacent to an activating group) is 1. The van der Waals surface area contributed by atoms with Gasteiger partial charge in [-0.3, -0.25) is 9.59 Å². The maximum atomic E-state index is 12.6. The van der Waals surface area contributed by atoms with E-state index in [1.807, 2.05) is 38.1 Å². The number of carbonyl (C=O) groups is 1. The van der Waals surface area contributed by atoms with Crippen molar-refractivity contribution in [3.05, 3.63) is 47.0 Å². The molecule has 3 rings (SSSR count). The van der Waals surface area contributed by atoms with Crippen LogP contribution in [0.1, 0.15) is 13.8 Å². The Morgan fingerprint density at radius 1 is 1.24 bits per heavy atom. The van der Waals surface area contributed by atoms with Gasteiger partial charge in [-0.2, -0.15) is 0 Å². The van der Waals surface area contributed by atoms with Crippen molar-refractivity contribution in [1.29, 1.82) is 0 Å². The molecule has 1 fully saturated rings. The molecule has 0 spiro atoms. The molecule has 1 aromatic carbocycles. The number of anilines is 3. The van der Waals surface area contributed by atoms with Crippen molar-refractivity contribution in [2.45, 2.75) is 20.4 Å². The second-order valence-corrected chi connectivity index (χ2v) is 7.65. The minimum Gasteiger partial charge on any atom is -0.378 e. The molecule has 0 saturated carbocycles. The van der Waals surface area contributed by atoms with Gasteiger partial charge < -0.3 is 24.4 Å². The van der Waals surface area contributed by atoms with Crippen LogP contribution in [0.4, 0.5) is 17.2 Å². The normalized spacial score (nSPS) is 14.1. The highest BCUT2D eigenvalue weighted by Crippen LogP contribution is 2.19. The molecule has 156 valence electrons. The molecule has 1 aliphatic rings. The van der Waals surface area contributed by atoms with Gasteiger partial charge in [0.05, 0.1) is 19.8 Å². The van der Waals surface area contributed by atoms with Crippen molar-refractivity contribution in [2.24, 2.45) is 5.92 Å². The van der Waals surface area contributed by atoms with Crippen LogP contribution in [0, 0.1) is 5.92 Å². The van der Waals surface area contributed by atoms with Gasteiger partial charge >= 0.3 is 0 Å². The van der Waals surface area contributed by atoms with E-state index >= 15 is 0 Å². The van der Waals surface area contributed by atoms with Gasteiger partial charge in [0.1, 0.15) is 0 Å². The minimum atomic E-state index is -0.202. The van der Waals surface area contributed by atoms with Crippen molar-refractivity contribution in [2.75, 3.05) is 55.0 Å². The Balaban J connectivity index is 1.59. The van der Waals surface area contributed by atoms with E-state index in [0.717, 1.165) is 37.7 Å². The fraction of sp³-hybridized carbons (Fsp3) is 0.476. The molecule has 0 unspecified atom stereocenters. The number of hydrogen-bond donors (Lipinski definition) is 1. The van der Waals surface area contributed by atoms with Crippen molar-refractivity contribution in [1.82, 2.24) is 9.55 Å². The van der Waals surface area contributed by atoms with Gasteiger partial charge in [-0.25, -0.2) is 4.98 Å². The fourth-order valence-electron chi connectivity index (χ4n) is 3.30. The van der Waals surface area contributed by atoms with E-state index in [1.54, 1.807) is 28.9 Å². The van der Waals surface area contributed by atoms with Crippen LogP contribution in [0.25, 0.3) is 0 Å². The highest BCUT2D eigenvalue weighted by atomic mass is 16.5. The van der Waals surface area contributed by atoms with Gasteiger partial charge in [0.15, 0.2) is 5.82 Å². The van der Waals surface area contributed by atoms with Crippen molar-refractivity contribution >= 4 is 23.1 Å². The van der Waals surface area contributed by atoms with Gasteiger partial charge in [-0.05, 0) is 30.2 Å². The minimum absolute atomic E-state index is 0.0408. The number of aromatic nitrogens is 2. The molecule has 8 nitrogen and oxygen atoms in total. The van der Waals surface area contributed by atoms with Gasteiger partial charge in [0.25, 0.3) is 5.56 Å². The Hall–Kier alpha value is -2.87. The first kappa shape index (κ1) is 20.9. The largest absolute Gasteiger partial charge is 0.378 e. The number of ether oxygens (including phenoxy) is 1. The highest BCUT2D eigenvalue weighted by molar-refractivity contribution is 5.94. The Kier molecular flexibility index (Phi) is 6.87. The molecule has 29 heavy (non-hydrogen) atoms. The second kappa shape index (κ2) is 9.56. The third-order valence-corrected chi connectivity index (χ3v) is 4.73. The van der Waals surface area contributed by atoms with Crippen LogP contribution in [0.15, 0.2) is 41.5 Å². The number of nitrogens with one attached hydrogen (secondary N) is 1. The molecule has 1 saturated heterocycles. The molecule has 8 heteroatoms. The first-order chi connectivity index (χ1) is 13.9. The molecule has 1 amide bonds. The van der Waals surface area contributed by atoms with Crippen molar-refractivity contribution < 1.29 is 9.53 Å². The summed E-state index contributed by atoms with van der Waals surface area (Å²) >= 11 is 0. The smallest absolute Gasteiger partial charge is 0.293 e. The zero-order chi connectivity index (χ0) is 20.8. The van der Waals surface area contributed by atoms with Crippen LogP contribution in [0.3, 0.4) is 0 Å². The highest BCUT2D eigenvalue weighted by Gasteiger charge is 2.15. The summed E-state index contributed by atoms with van der Waals surface area (Å²) in [6.45, 7) is 7.96. The number of nitrogens with zero attached hydrogens (tertiary/aromatic N) is 4. The Morgan fingerprint density at radius 2 is 1.93 bits per heavy atom. The predicted molar refractivity (Wildman–Crippen MR) is 115 cm³/mol. The SMILES string of the molecule is CC(C)Cn1ccnc(N(C)CC(=O)Nc2ccc(N3CCOCC3)cc2)c1=O. The lowest BCUT2D eigenvalue weighted by Gasteiger charge is -2.28. The quantitative estimate of drug-likeness (QED) is 0.765. The lowest BCUT2D eigenvalue weighted by Crippen LogP contribution is -2.36. The van der Waals surface area contributed by atoms with Crippen molar-refractivity contribution in [3.8, 4) is 0 Å². The van der Waals surface area contributed by atoms with Gasteiger partial charge in [-0.15, -0.1) is 0 Å². The van der Waals surface area contributed by atoms with Gasteiger partial charge in [0.2, 0.25) is 5.91 Å². The lowest BCUT2D eigenvalue weighted by molar-refractivity contribution is -0.114. The Morgan fingerprint density at radius 3 is 2.59 bits per heavy atom. The number of amides is 1. The summed E-state index contributed by atoms with van der Waals surface area (Å²) in [5.74, 6) is 0.412. The van der Waals surface area contributed by atoms with E-state index in [1.165, 1.54) is 0 Å². The third kappa shape index (κ3) is 5.57. The van der Waals surface area contributed by atoms with Crippen LogP contribution in [-0.4, -0.2) is 55.4 Å². The second-order valence-electron chi connectivity index (χ2n) is 7.65. The first-order valence-corrected chi connectivity index (χ1v) is 9.93. The zero-order valence-corrected chi connectivity index (χ0v) is 17.3. The Bertz CT molecular complexity index is 873.